The number of hydrogen-bond acceptors (Lipinski definition) is 3. The molecule has 0 saturated carbocycles. The van der Waals surface area contributed by atoms with Gasteiger partial charge in [0.25, 0.3) is 0 Å². The zero-order chi connectivity index (χ0) is 18.1. The van der Waals surface area contributed by atoms with E-state index in [4.69, 9.17) is 16.1 Å². The normalized spacial score (nSPS) is 14.8. The summed E-state index contributed by atoms with van der Waals surface area (Å²) in [7, 11) is -2.93. The summed E-state index contributed by atoms with van der Waals surface area (Å²) in [6, 6.07) is 17.7. The van der Waals surface area contributed by atoms with Crippen molar-refractivity contribution in [2.75, 3.05) is 12.8 Å². The van der Waals surface area contributed by atoms with Gasteiger partial charge in [-0.3, -0.25) is 9.88 Å². The van der Waals surface area contributed by atoms with E-state index in [9.17, 15) is 4.57 Å². The van der Waals surface area contributed by atoms with Crippen LogP contribution in [0.15, 0.2) is 54.6 Å². The average molecular weight is 380 g/mol. The smallest absolute Gasteiger partial charge is 0.224 e. The molecule has 3 nitrogen and oxygen atoms in total. The summed E-state index contributed by atoms with van der Waals surface area (Å²) < 4.78 is 19.5. The molecular weight excluding hydrogens is 353 g/mol. The molecule has 0 amide bonds. The number of halogens is 1. The minimum atomic E-state index is -2.93. The highest BCUT2D eigenvalue weighted by Crippen LogP contribution is 2.60. The highest BCUT2D eigenvalue weighted by molar-refractivity contribution is 7.59. The third kappa shape index (κ3) is 5.69. The van der Waals surface area contributed by atoms with E-state index in [-0.39, 0.29) is 0 Å². The second-order valence-corrected chi connectivity index (χ2v) is 9.09. The molecule has 0 aliphatic heterocycles. The Kier molecular flexibility index (Phi) is 8.18. The van der Waals surface area contributed by atoms with Crippen LogP contribution < -0.4 is 5.32 Å². The Hall–Kier alpha value is -1.12. The first-order chi connectivity index (χ1) is 12.1. The molecule has 0 radical (unpaired) electrons. The van der Waals surface area contributed by atoms with Crippen molar-refractivity contribution in [3.63, 3.8) is 0 Å². The van der Waals surface area contributed by atoms with E-state index >= 15 is 0 Å². The lowest BCUT2D eigenvalue weighted by molar-refractivity contribution is 0.318. The molecule has 0 aliphatic carbocycles. The fourth-order valence-corrected chi connectivity index (χ4v) is 5.90. The van der Waals surface area contributed by atoms with Gasteiger partial charge in [0, 0.05) is 17.7 Å². The quantitative estimate of drug-likeness (QED) is 0.496. The fourth-order valence-electron chi connectivity index (χ4n) is 2.83. The van der Waals surface area contributed by atoms with E-state index in [1.54, 1.807) is 0 Å². The Balaban J connectivity index is 2.33. The highest BCUT2D eigenvalue weighted by Gasteiger charge is 2.35. The van der Waals surface area contributed by atoms with Gasteiger partial charge in [-0.2, -0.15) is 0 Å². The van der Waals surface area contributed by atoms with Gasteiger partial charge in [0.15, 0.2) is 0 Å². The van der Waals surface area contributed by atoms with Crippen LogP contribution in [0.1, 0.15) is 43.6 Å². The van der Waals surface area contributed by atoms with Crippen molar-refractivity contribution in [3.8, 4) is 0 Å². The van der Waals surface area contributed by atoms with Crippen LogP contribution in [-0.4, -0.2) is 12.8 Å². The summed E-state index contributed by atoms with van der Waals surface area (Å²) in [5, 5.41) is 4.07. The maximum Gasteiger partial charge on any atom is 0.224 e. The molecule has 0 spiro atoms. The summed E-state index contributed by atoms with van der Waals surface area (Å²) in [4.78, 5) is 0. The van der Waals surface area contributed by atoms with Gasteiger partial charge in [-0.05, 0) is 30.5 Å². The maximum atomic E-state index is 13.7. The van der Waals surface area contributed by atoms with Gasteiger partial charge in [0.1, 0.15) is 5.78 Å². The molecule has 2 atom stereocenters. The van der Waals surface area contributed by atoms with Crippen LogP contribution in [0.2, 0.25) is 5.02 Å². The molecule has 2 aromatic rings. The largest absolute Gasteiger partial charge is 0.327 e. The van der Waals surface area contributed by atoms with Crippen LogP contribution in [0.3, 0.4) is 0 Å². The number of rotatable bonds is 10. The second-order valence-electron chi connectivity index (χ2n) is 6.01. The number of benzene rings is 2. The third-order valence-electron chi connectivity index (χ3n) is 4.11. The molecule has 0 heterocycles. The van der Waals surface area contributed by atoms with Crippen molar-refractivity contribution >= 4 is 19.0 Å². The van der Waals surface area contributed by atoms with Gasteiger partial charge in [0.05, 0.1) is 6.61 Å². The van der Waals surface area contributed by atoms with Crippen LogP contribution in [0.25, 0.3) is 0 Å². The zero-order valence-corrected chi connectivity index (χ0v) is 16.6. The minimum absolute atomic E-state index is 0.409. The first kappa shape index (κ1) is 20.2. The summed E-state index contributed by atoms with van der Waals surface area (Å²) in [5.74, 6) is -0.409. The van der Waals surface area contributed by atoms with Crippen molar-refractivity contribution < 1.29 is 9.09 Å². The van der Waals surface area contributed by atoms with Gasteiger partial charge in [-0.15, -0.1) is 0 Å². The Morgan fingerprint density at radius 2 is 1.76 bits per heavy atom. The minimum Gasteiger partial charge on any atom is -0.327 e. The fraction of sp³-hybridized carbons (Fsp3) is 0.400. The number of unbranched alkanes of at least 4 members (excludes halogenated alkanes) is 1. The molecular formula is C20H27ClNO2P. The lowest BCUT2D eigenvalue weighted by Gasteiger charge is -2.29. The summed E-state index contributed by atoms with van der Waals surface area (Å²) in [6.07, 6.45) is 2.39. The SMILES string of the molecule is CCCCP(=O)(OCC)C(NCc1ccccc1)c1ccccc1Cl. The molecule has 0 saturated heterocycles. The maximum absolute atomic E-state index is 13.7. The predicted molar refractivity (Wildman–Crippen MR) is 106 cm³/mol. The van der Waals surface area contributed by atoms with Gasteiger partial charge in [-0.25, -0.2) is 0 Å². The van der Waals surface area contributed by atoms with Crippen LogP contribution in [0.4, 0.5) is 0 Å². The monoisotopic (exact) mass is 379 g/mol. The van der Waals surface area contributed by atoms with Gasteiger partial charge in [-0.1, -0.05) is 73.5 Å². The van der Waals surface area contributed by atoms with Crippen LogP contribution in [0, 0.1) is 0 Å². The van der Waals surface area contributed by atoms with Gasteiger partial charge >= 0.3 is 0 Å². The summed E-state index contributed by atoms with van der Waals surface area (Å²) in [6.45, 7) is 5.02. The Labute approximate surface area is 156 Å². The Bertz CT molecular complexity index is 693. The van der Waals surface area contributed by atoms with E-state index in [0.717, 1.165) is 24.0 Å². The summed E-state index contributed by atoms with van der Waals surface area (Å²) in [5.41, 5.74) is 1.98. The topological polar surface area (TPSA) is 38.3 Å². The first-order valence-electron chi connectivity index (χ1n) is 8.85. The summed E-state index contributed by atoms with van der Waals surface area (Å²) >= 11 is 6.42. The lowest BCUT2D eigenvalue weighted by atomic mass is 10.2. The number of hydrogen-bond donors (Lipinski definition) is 1. The van der Waals surface area contributed by atoms with Crippen LogP contribution in [0.5, 0.6) is 0 Å². The molecule has 25 heavy (non-hydrogen) atoms. The second kappa shape index (κ2) is 10.1. The van der Waals surface area contributed by atoms with Crippen molar-refractivity contribution in [3.05, 3.63) is 70.7 Å². The molecule has 0 aliphatic rings. The van der Waals surface area contributed by atoms with Crippen LogP contribution in [-0.2, 0) is 15.6 Å². The van der Waals surface area contributed by atoms with E-state index < -0.39 is 13.2 Å². The molecule has 2 unspecified atom stereocenters. The molecule has 136 valence electrons. The molecule has 0 fully saturated rings. The molecule has 1 N–H and O–H groups in total. The van der Waals surface area contributed by atoms with Crippen molar-refractivity contribution in [1.82, 2.24) is 5.32 Å². The zero-order valence-electron chi connectivity index (χ0n) is 15.0. The van der Waals surface area contributed by atoms with E-state index in [0.29, 0.717) is 24.3 Å². The Morgan fingerprint density at radius 1 is 1.08 bits per heavy atom. The molecule has 5 heteroatoms. The average Bonchev–Trinajstić information content (AvgIpc) is 2.63. The lowest BCUT2D eigenvalue weighted by Crippen LogP contribution is -2.23. The standard InChI is InChI=1S/C20H27ClNO2P/c1-3-5-15-25(23,24-4-2)20(18-13-9-10-14-19(18)21)22-16-17-11-7-6-8-12-17/h6-14,20,22H,3-5,15-16H2,1-2H3. The van der Waals surface area contributed by atoms with E-state index in [1.165, 1.54) is 0 Å². The predicted octanol–water partition coefficient (Wildman–Crippen LogP) is 6.24. The van der Waals surface area contributed by atoms with E-state index in [2.05, 4.69) is 12.2 Å². The molecule has 0 aromatic heterocycles. The molecule has 2 aromatic carbocycles. The Morgan fingerprint density at radius 3 is 2.40 bits per heavy atom. The molecule has 2 rings (SSSR count). The first-order valence-corrected chi connectivity index (χ1v) is 11.1. The third-order valence-corrected chi connectivity index (χ3v) is 7.33. The van der Waals surface area contributed by atoms with Crippen molar-refractivity contribution in [1.29, 1.82) is 0 Å². The highest BCUT2D eigenvalue weighted by atomic mass is 35.5. The van der Waals surface area contributed by atoms with Gasteiger partial charge in [0.2, 0.25) is 7.37 Å². The van der Waals surface area contributed by atoms with Crippen LogP contribution >= 0.6 is 19.0 Å². The van der Waals surface area contributed by atoms with Crippen molar-refractivity contribution in [2.45, 2.75) is 39.0 Å². The van der Waals surface area contributed by atoms with Crippen molar-refractivity contribution in [2.24, 2.45) is 0 Å². The van der Waals surface area contributed by atoms with Gasteiger partial charge < -0.3 is 4.52 Å². The van der Waals surface area contributed by atoms with E-state index in [1.807, 2.05) is 61.5 Å². The molecule has 0 bridgehead atoms. The number of nitrogens with one attached hydrogen (secondary N) is 1.